The van der Waals surface area contributed by atoms with Gasteiger partial charge in [-0.15, -0.1) is 0 Å². The highest BCUT2D eigenvalue weighted by Crippen LogP contribution is 2.26. The number of rotatable bonds is 3. The predicted octanol–water partition coefficient (Wildman–Crippen LogP) is 4.06. The first-order chi connectivity index (χ1) is 11.5. The van der Waals surface area contributed by atoms with Crippen molar-refractivity contribution in [2.24, 2.45) is 9.98 Å². The Morgan fingerprint density at radius 2 is 2.17 bits per heavy atom. The topological polar surface area (TPSA) is 48.8 Å². The second-order valence-electron chi connectivity index (χ2n) is 5.32. The Balaban J connectivity index is 1.99. The van der Waals surface area contributed by atoms with Crippen LogP contribution in [0, 0.1) is 6.92 Å². The zero-order valence-corrected chi connectivity index (χ0v) is 13.6. The summed E-state index contributed by atoms with van der Waals surface area (Å²) in [6, 6.07) is 4.92. The lowest BCUT2D eigenvalue weighted by Gasteiger charge is -2.28. The molecule has 0 amide bonds. The number of benzene rings is 1. The molecule has 2 N–H and O–H groups in total. The number of nitrogens with one attached hydrogen (secondary N) is 2. The molecule has 124 valence electrons. The van der Waals surface area contributed by atoms with Crippen LogP contribution in [0.25, 0.3) is 0 Å². The Labute approximate surface area is 143 Å². The monoisotopic (exact) mass is 348 g/mol. The summed E-state index contributed by atoms with van der Waals surface area (Å²) < 4.78 is 26.3. The summed E-state index contributed by atoms with van der Waals surface area (Å²) in [6.07, 6.45) is 2.31. The molecule has 0 fully saturated rings. The fourth-order valence-electron chi connectivity index (χ4n) is 2.42. The van der Waals surface area contributed by atoms with E-state index in [9.17, 15) is 8.78 Å². The summed E-state index contributed by atoms with van der Waals surface area (Å²) in [5.41, 5.74) is 2.74. The van der Waals surface area contributed by atoms with E-state index in [0.29, 0.717) is 22.2 Å². The predicted molar refractivity (Wildman–Crippen MR) is 94.0 cm³/mol. The van der Waals surface area contributed by atoms with Crippen molar-refractivity contribution in [3.63, 3.8) is 0 Å². The summed E-state index contributed by atoms with van der Waals surface area (Å²) in [6.45, 7) is 5.52. The van der Waals surface area contributed by atoms with Crippen LogP contribution in [-0.4, -0.2) is 24.1 Å². The Morgan fingerprint density at radius 1 is 1.38 bits per heavy atom. The molecule has 1 unspecified atom stereocenters. The zero-order valence-electron chi connectivity index (χ0n) is 12.9. The van der Waals surface area contributed by atoms with E-state index >= 15 is 0 Å². The third kappa shape index (κ3) is 3.10. The number of aliphatic imine (C=N–C) groups is 2. The second kappa shape index (κ2) is 6.57. The Hall–Kier alpha value is -2.47. The van der Waals surface area contributed by atoms with Gasteiger partial charge in [0.2, 0.25) is 0 Å². The number of alkyl halides is 2. The Kier molecular flexibility index (Phi) is 4.49. The van der Waals surface area contributed by atoms with Gasteiger partial charge in [-0.1, -0.05) is 30.3 Å². The van der Waals surface area contributed by atoms with Gasteiger partial charge < -0.3 is 10.6 Å². The van der Waals surface area contributed by atoms with Gasteiger partial charge in [-0.05, 0) is 36.3 Å². The van der Waals surface area contributed by atoms with E-state index in [1.54, 1.807) is 30.5 Å². The van der Waals surface area contributed by atoms with Gasteiger partial charge in [0.1, 0.15) is 11.9 Å². The largest absolute Gasteiger partial charge is 0.376 e. The molecular formula is C17H15ClF2N4. The van der Waals surface area contributed by atoms with Crippen molar-refractivity contribution in [2.75, 3.05) is 5.32 Å². The van der Waals surface area contributed by atoms with E-state index in [-0.39, 0.29) is 0 Å². The second-order valence-corrected chi connectivity index (χ2v) is 5.73. The van der Waals surface area contributed by atoms with E-state index in [0.717, 1.165) is 11.1 Å². The van der Waals surface area contributed by atoms with Crippen molar-refractivity contribution in [2.45, 2.75) is 19.4 Å². The molecule has 0 aliphatic carbocycles. The van der Waals surface area contributed by atoms with Crippen LogP contribution < -0.4 is 10.6 Å². The first kappa shape index (κ1) is 16.4. The van der Waals surface area contributed by atoms with Crippen molar-refractivity contribution in [1.29, 1.82) is 0 Å². The van der Waals surface area contributed by atoms with E-state index in [1.807, 2.05) is 13.0 Å². The molecule has 1 aromatic carbocycles. The van der Waals surface area contributed by atoms with Crippen LogP contribution in [0.4, 0.5) is 14.5 Å². The lowest BCUT2D eigenvalue weighted by atomic mass is 10.0. The minimum absolute atomic E-state index is 0.344. The van der Waals surface area contributed by atoms with E-state index < -0.39 is 18.3 Å². The van der Waals surface area contributed by atoms with Gasteiger partial charge in [0.15, 0.2) is 5.84 Å². The number of anilines is 1. The highest BCUT2D eigenvalue weighted by Gasteiger charge is 2.30. The highest BCUT2D eigenvalue weighted by molar-refractivity contribution is 6.31. The molecule has 0 saturated heterocycles. The molecule has 2 aliphatic heterocycles. The van der Waals surface area contributed by atoms with Crippen molar-refractivity contribution < 1.29 is 8.78 Å². The number of fused-ring (bicyclic) bond motifs is 1. The van der Waals surface area contributed by atoms with Crippen molar-refractivity contribution in [3.8, 4) is 0 Å². The first-order valence-corrected chi connectivity index (χ1v) is 7.65. The first-order valence-electron chi connectivity index (χ1n) is 7.27. The lowest BCUT2D eigenvalue weighted by Crippen LogP contribution is -2.44. The molecule has 0 saturated carbocycles. The number of allylic oxidation sites excluding steroid dienone is 3. The summed E-state index contributed by atoms with van der Waals surface area (Å²) in [5, 5.41) is 6.79. The van der Waals surface area contributed by atoms with Crippen LogP contribution in [-0.2, 0) is 0 Å². The van der Waals surface area contributed by atoms with Crippen LogP contribution in [0.5, 0.6) is 0 Å². The number of dihydropyridines is 1. The third-order valence-electron chi connectivity index (χ3n) is 3.74. The molecule has 0 radical (unpaired) electrons. The summed E-state index contributed by atoms with van der Waals surface area (Å²) >= 11 is 6.11. The average molecular weight is 349 g/mol. The van der Waals surface area contributed by atoms with Crippen LogP contribution in [0.15, 0.2) is 64.4 Å². The van der Waals surface area contributed by atoms with Crippen LogP contribution in [0.1, 0.15) is 5.56 Å². The van der Waals surface area contributed by atoms with Gasteiger partial charge in [0.25, 0.3) is 6.43 Å². The maximum atomic E-state index is 13.1. The molecule has 1 aromatic rings. The van der Waals surface area contributed by atoms with Crippen molar-refractivity contribution in [3.05, 3.63) is 65.0 Å². The molecule has 2 heterocycles. The van der Waals surface area contributed by atoms with Gasteiger partial charge in [0, 0.05) is 16.9 Å². The molecule has 4 nitrogen and oxygen atoms in total. The summed E-state index contributed by atoms with van der Waals surface area (Å²) in [7, 11) is 0. The third-order valence-corrected chi connectivity index (χ3v) is 4.15. The van der Waals surface area contributed by atoms with Crippen LogP contribution in [0.3, 0.4) is 0 Å². The van der Waals surface area contributed by atoms with Crippen molar-refractivity contribution >= 4 is 29.0 Å². The molecular weight excluding hydrogens is 334 g/mol. The van der Waals surface area contributed by atoms with Crippen LogP contribution >= 0.6 is 11.6 Å². The molecule has 24 heavy (non-hydrogen) atoms. The summed E-state index contributed by atoms with van der Waals surface area (Å²) in [5.74, 6) is -0.178. The van der Waals surface area contributed by atoms with Gasteiger partial charge >= 0.3 is 0 Å². The number of amidine groups is 2. The molecule has 0 aromatic heterocycles. The van der Waals surface area contributed by atoms with Gasteiger partial charge in [-0.25, -0.2) is 18.8 Å². The quantitative estimate of drug-likeness (QED) is 0.865. The Morgan fingerprint density at radius 3 is 2.88 bits per heavy atom. The average Bonchev–Trinajstić information content (AvgIpc) is 2.58. The SMILES string of the molecule is C=CC1=CNC2C(=C1)N=C(C(F)F)N=C2Nc1cccc(Cl)c1C. The van der Waals surface area contributed by atoms with E-state index in [1.165, 1.54) is 0 Å². The zero-order chi connectivity index (χ0) is 17.3. The van der Waals surface area contributed by atoms with Gasteiger partial charge in [0.05, 0.1) is 5.70 Å². The molecule has 2 aliphatic rings. The van der Waals surface area contributed by atoms with Crippen LogP contribution in [0.2, 0.25) is 5.02 Å². The number of hydrogen-bond acceptors (Lipinski definition) is 4. The minimum atomic E-state index is -2.76. The highest BCUT2D eigenvalue weighted by atomic mass is 35.5. The smallest absolute Gasteiger partial charge is 0.297 e. The fraction of sp³-hybridized carbons (Fsp3) is 0.176. The Bertz CT molecular complexity index is 809. The molecule has 7 heteroatoms. The van der Waals surface area contributed by atoms with E-state index in [2.05, 4.69) is 27.2 Å². The standard InChI is InChI=1S/C17H15ClF2N4/c1-3-10-7-13-14(21-8-10)16(24-17(23-13)15(19)20)22-12-6-4-5-11(18)9(12)2/h3-8,14-15,21H,1H2,2H3,(H,22,23,24). The number of halogens is 3. The maximum Gasteiger partial charge on any atom is 0.297 e. The fourth-order valence-corrected chi connectivity index (χ4v) is 2.59. The lowest BCUT2D eigenvalue weighted by molar-refractivity contribution is 0.224. The van der Waals surface area contributed by atoms with Gasteiger partial charge in [-0.3, -0.25) is 0 Å². The minimum Gasteiger partial charge on any atom is -0.376 e. The summed E-state index contributed by atoms with van der Waals surface area (Å²) in [4.78, 5) is 7.94. The van der Waals surface area contributed by atoms with Gasteiger partial charge in [-0.2, -0.15) is 0 Å². The van der Waals surface area contributed by atoms with E-state index in [4.69, 9.17) is 11.6 Å². The molecule has 0 bridgehead atoms. The molecule has 3 rings (SSSR count). The number of hydrogen-bond donors (Lipinski definition) is 2. The molecule has 0 spiro atoms. The normalized spacial score (nSPS) is 19.5. The maximum absolute atomic E-state index is 13.1. The number of nitrogens with zero attached hydrogens (tertiary/aromatic N) is 2. The van der Waals surface area contributed by atoms with Crippen molar-refractivity contribution in [1.82, 2.24) is 5.32 Å². The molecule has 1 atom stereocenters.